The van der Waals surface area contributed by atoms with Gasteiger partial charge in [-0.1, -0.05) is 18.6 Å². The van der Waals surface area contributed by atoms with Crippen LogP contribution in [0.2, 0.25) is 0 Å². The highest BCUT2D eigenvalue weighted by molar-refractivity contribution is 5.78. The Hall–Kier alpha value is -2.10. The van der Waals surface area contributed by atoms with Crippen LogP contribution in [0.15, 0.2) is 36.5 Å². The molecule has 1 aliphatic rings. The number of nitrogens with one attached hydrogen (secondary N) is 1. The quantitative estimate of drug-likeness (QED) is 0.753. The van der Waals surface area contributed by atoms with Crippen LogP contribution < -0.4 is 5.32 Å². The second-order valence-corrected chi connectivity index (χ2v) is 5.98. The van der Waals surface area contributed by atoms with Gasteiger partial charge in [-0.25, -0.2) is 4.98 Å². The number of nitrogens with zero attached hydrogens (tertiary/aromatic N) is 2. The van der Waals surface area contributed by atoms with Gasteiger partial charge in [0.15, 0.2) is 0 Å². The summed E-state index contributed by atoms with van der Waals surface area (Å²) in [5.41, 5.74) is 1.90. The summed E-state index contributed by atoms with van der Waals surface area (Å²) in [6.07, 6.45) is 11.4. The van der Waals surface area contributed by atoms with Crippen LogP contribution in [0.5, 0.6) is 0 Å². The topological polar surface area (TPSA) is 46.9 Å². The largest absolute Gasteiger partial charge is 0.348 e. The van der Waals surface area contributed by atoms with Crippen LogP contribution in [0.4, 0.5) is 0 Å². The number of carbonyl (C=O) groups is 1. The van der Waals surface area contributed by atoms with Crippen molar-refractivity contribution >= 4 is 16.9 Å². The van der Waals surface area contributed by atoms with Crippen molar-refractivity contribution in [3.63, 3.8) is 0 Å². The standard InChI is InChI=1S/C18H23N3O/c1-14-16-10-9-15-11-13-21(18(15)20-16)12-7-5-3-2-4-6-8-17(22)19-14/h5,7,9-11,13-14H,2-4,6,8,12H2,1H3,(H,19,22). The average Bonchev–Trinajstić information content (AvgIpc) is 2.91. The first-order valence-electron chi connectivity index (χ1n) is 8.14. The smallest absolute Gasteiger partial charge is 0.220 e. The lowest BCUT2D eigenvalue weighted by Gasteiger charge is -2.14. The molecule has 0 spiro atoms. The van der Waals surface area contributed by atoms with Crippen molar-refractivity contribution < 1.29 is 4.79 Å². The maximum absolute atomic E-state index is 12.0. The predicted octanol–water partition coefficient (Wildman–Crippen LogP) is 3.73. The van der Waals surface area contributed by atoms with E-state index in [4.69, 9.17) is 4.98 Å². The summed E-state index contributed by atoms with van der Waals surface area (Å²) in [7, 11) is 0. The molecule has 1 amide bonds. The van der Waals surface area contributed by atoms with E-state index in [1.807, 2.05) is 13.0 Å². The highest BCUT2D eigenvalue weighted by Crippen LogP contribution is 2.18. The van der Waals surface area contributed by atoms with Crippen molar-refractivity contribution in [2.75, 3.05) is 0 Å². The van der Waals surface area contributed by atoms with E-state index in [9.17, 15) is 4.79 Å². The molecule has 1 atom stereocenters. The molecule has 4 nitrogen and oxygen atoms in total. The third-order valence-electron chi connectivity index (χ3n) is 4.20. The summed E-state index contributed by atoms with van der Waals surface area (Å²) in [6.45, 7) is 2.85. The fraction of sp³-hybridized carbons (Fsp3) is 0.444. The SMILES string of the molecule is CC1NC(=O)CCCCCC=CCn2ccc3ccc1nc32. The van der Waals surface area contributed by atoms with Crippen molar-refractivity contribution in [2.24, 2.45) is 0 Å². The van der Waals surface area contributed by atoms with E-state index in [1.54, 1.807) is 0 Å². The van der Waals surface area contributed by atoms with E-state index in [0.717, 1.165) is 49.0 Å². The molecule has 1 unspecified atom stereocenters. The highest BCUT2D eigenvalue weighted by atomic mass is 16.1. The van der Waals surface area contributed by atoms with Gasteiger partial charge in [0.2, 0.25) is 5.91 Å². The monoisotopic (exact) mass is 297 g/mol. The first-order chi connectivity index (χ1) is 10.7. The minimum absolute atomic E-state index is 0.0547. The van der Waals surface area contributed by atoms with Crippen molar-refractivity contribution in [1.82, 2.24) is 14.9 Å². The lowest BCUT2D eigenvalue weighted by molar-refractivity contribution is -0.121. The van der Waals surface area contributed by atoms with Crippen molar-refractivity contribution in [1.29, 1.82) is 0 Å². The number of rotatable bonds is 0. The predicted molar refractivity (Wildman–Crippen MR) is 88.5 cm³/mol. The normalized spacial score (nSPS) is 20.6. The molecule has 0 saturated carbocycles. The fourth-order valence-electron chi connectivity index (χ4n) is 2.88. The molecule has 0 fully saturated rings. The molecule has 1 N–H and O–H groups in total. The van der Waals surface area contributed by atoms with Gasteiger partial charge in [-0.05, 0) is 44.4 Å². The third-order valence-corrected chi connectivity index (χ3v) is 4.20. The van der Waals surface area contributed by atoms with Gasteiger partial charge in [0, 0.05) is 24.5 Å². The summed E-state index contributed by atoms with van der Waals surface area (Å²) in [5, 5.41) is 4.20. The van der Waals surface area contributed by atoms with E-state index >= 15 is 0 Å². The molecule has 3 heterocycles. The van der Waals surface area contributed by atoms with Crippen molar-refractivity contribution in [2.45, 2.75) is 51.6 Å². The molecule has 3 rings (SSSR count). The first-order valence-corrected chi connectivity index (χ1v) is 8.14. The highest BCUT2D eigenvalue weighted by Gasteiger charge is 2.12. The summed E-state index contributed by atoms with van der Waals surface area (Å²) in [6, 6.07) is 6.12. The third kappa shape index (κ3) is 3.38. The summed E-state index contributed by atoms with van der Waals surface area (Å²) in [5.74, 6) is 0.121. The average molecular weight is 297 g/mol. The van der Waals surface area contributed by atoms with Crippen LogP contribution in [0, 0.1) is 0 Å². The fourth-order valence-corrected chi connectivity index (χ4v) is 2.88. The molecule has 0 aliphatic carbocycles. The van der Waals surface area contributed by atoms with E-state index in [0.29, 0.717) is 6.42 Å². The van der Waals surface area contributed by atoms with Gasteiger partial charge in [-0.3, -0.25) is 4.79 Å². The number of amides is 1. The lowest BCUT2D eigenvalue weighted by atomic mass is 10.1. The van der Waals surface area contributed by atoms with Crippen LogP contribution >= 0.6 is 0 Å². The lowest BCUT2D eigenvalue weighted by Crippen LogP contribution is -2.27. The summed E-state index contributed by atoms with van der Waals surface area (Å²) in [4.78, 5) is 16.8. The van der Waals surface area contributed by atoms with E-state index in [1.165, 1.54) is 0 Å². The summed E-state index contributed by atoms with van der Waals surface area (Å²) >= 11 is 0. The zero-order chi connectivity index (χ0) is 15.4. The molecular formula is C18H23N3O. The molecule has 1 aliphatic heterocycles. The van der Waals surface area contributed by atoms with Gasteiger partial charge in [-0.2, -0.15) is 0 Å². The molecule has 4 heteroatoms. The van der Waals surface area contributed by atoms with Gasteiger partial charge >= 0.3 is 0 Å². The molecule has 2 bridgehead atoms. The number of allylic oxidation sites excluding steroid dienone is 2. The maximum Gasteiger partial charge on any atom is 0.220 e. The van der Waals surface area contributed by atoms with E-state index < -0.39 is 0 Å². The Kier molecular flexibility index (Phi) is 4.56. The van der Waals surface area contributed by atoms with Gasteiger partial charge < -0.3 is 9.88 Å². The van der Waals surface area contributed by atoms with Crippen LogP contribution in [-0.4, -0.2) is 15.5 Å². The molecule has 2 aromatic rings. The Balaban J connectivity index is 1.92. The Labute approximate surface area is 131 Å². The number of pyridine rings is 1. The number of aromatic nitrogens is 2. The number of fused-ring (bicyclic) bond motifs is 1. The van der Waals surface area contributed by atoms with Gasteiger partial charge in [0.1, 0.15) is 5.65 Å². The molecule has 116 valence electrons. The Morgan fingerprint density at radius 1 is 1.18 bits per heavy atom. The van der Waals surface area contributed by atoms with Crippen LogP contribution in [0.1, 0.15) is 50.8 Å². The van der Waals surface area contributed by atoms with Gasteiger partial charge in [-0.15, -0.1) is 0 Å². The summed E-state index contributed by atoms with van der Waals surface area (Å²) < 4.78 is 2.16. The molecule has 22 heavy (non-hydrogen) atoms. The molecule has 2 aromatic heterocycles. The minimum atomic E-state index is -0.0547. The van der Waals surface area contributed by atoms with Gasteiger partial charge in [0.25, 0.3) is 0 Å². The molecular weight excluding hydrogens is 274 g/mol. The van der Waals surface area contributed by atoms with Crippen LogP contribution in [0.3, 0.4) is 0 Å². The Morgan fingerprint density at radius 3 is 3.00 bits per heavy atom. The molecule has 0 radical (unpaired) electrons. The zero-order valence-corrected chi connectivity index (χ0v) is 13.1. The van der Waals surface area contributed by atoms with Crippen molar-refractivity contribution in [3.8, 4) is 0 Å². The first kappa shape index (κ1) is 14.8. The molecule has 0 saturated heterocycles. The number of hydrogen-bond acceptors (Lipinski definition) is 2. The maximum atomic E-state index is 12.0. The van der Waals surface area contributed by atoms with Crippen LogP contribution in [-0.2, 0) is 11.3 Å². The van der Waals surface area contributed by atoms with Crippen LogP contribution in [0.25, 0.3) is 11.0 Å². The van der Waals surface area contributed by atoms with E-state index in [2.05, 4.69) is 40.4 Å². The van der Waals surface area contributed by atoms with E-state index in [-0.39, 0.29) is 11.9 Å². The number of hydrogen-bond donors (Lipinski definition) is 1. The second kappa shape index (κ2) is 6.77. The molecule has 0 aromatic carbocycles. The number of carbonyl (C=O) groups excluding carboxylic acids is 1. The Bertz CT molecular complexity index is 687. The van der Waals surface area contributed by atoms with Crippen molar-refractivity contribution in [3.05, 3.63) is 42.2 Å². The minimum Gasteiger partial charge on any atom is -0.348 e. The Morgan fingerprint density at radius 2 is 2.09 bits per heavy atom. The van der Waals surface area contributed by atoms with Gasteiger partial charge in [0.05, 0.1) is 11.7 Å². The second-order valence-electron chi connectivity index (χ2n) is 5.98. The zero-order valence-electron chi connectivity index (χ0n) is 13.1.